The van der Waals surface area contributed by atoms with Gasteiger partial charge in [0.15, 0.2) is 0 Å². The van der Waals surface area contributed by atoms with Gasteiger partial charge in [0, 0.05) is 17.6 Å². The van der Waals surface area contributed by atoms with E-state index in [2.05, 4.69) is 23.2 Å². The van der Waals surface area contributed by atoms with E-state index in [9.17, 15) is 0 Å². The molecule has 4 heteroatoms. The molecule has 2 nitrogen and oxygen atoms in total. The predicted octanol–water partition coefficient (Wildman–Crippen LogP) is 3.83. The Bertz CT molecular complexity index is 613. The van der Waals surface area contributed by atoms with Crippen LogP contribution in [0.2, 0.25) is 5.02 Å². The van der Waals surface area contributed by atoms with Gasteiger partial charge < -0.3 is 5.73 Å². The Hall–Kier alpha value is -1.03. The van der Waals surface area contributed by atoms with Crippen LogP contribution in [0.5, 0.6) is 0 Å². The second kappa shape index (κ2) is 5.53. The Labute approximate surface area is 122 Å². The summed E-state index contributed by atoms with van der Waals surface area (Å²) < 4.78 is 0. The summed E-state index contributed by atoms with van der Waals surface area (Å²) in [6.45, 7) is 0.444. The Balaban J connectivity index is 1.89. The average molecular weight is 291 g/mol. The molecule has 1 aliphatic rings. The van der Waals surface area contributed by atoms with Crippen molar-refractivity contribution in [3.63, 3.8) is 0 Å². The largest absolute Gasteiger partial charge is 0.326 e. The minimum atomic E-state index is 0.444. The number of aromatic nitrogens is 1. The van der Waals surface area contributed by atoms with Gasteiger partial charge in [0.1, 0.15) is 5.03 Å². The van der Waals surface area contributed by atoms with Crippen LogP contribution in [0, 0.1) is 0 Å². The maximum atomic E-state index is 6.31. The van der Waals surface area contributed by atoms with Crippen molar-refractivity contribution < 1.29 is 0 Å². The van der Waals surface area contributed by atoms with Gasteiger partial charge >= 0.3 is 0 Å². The summed E-state index contributed by atoms with van der Waals surface area (Å²) in [5.41, 5.74) is 9.56. The molecule has 19 heavy (non-hydrogen) atoms. The number of fused-ring (bicyclic) bond motifs is 1. The van der Waals surface area contributed by atoms with Gasteiger partial charge in [0.25, 0.3) is 0 Å². The van der Waals surface area contributed by atoms with Crippen molar-refractivity contribution in [3.05, 3.63) is 52.2 Å². The third-order valence-corrected chi connectivity index (χ3v) is 4.97. The lowest BCUT2D eigenvalue weighted by Gasteiger charge is -2.08. The first kappa shape index (κ1) is 13.0. The van der Waals surface area contributed by atoms with Crippen LogP contribution < -0.4 is 5.73 Å². The van der Waals surface area contributed by atoms with Gasteiger partial charge in [-0.3, -0.25) is 0 Å². The molecule has 2 aromatic rings. The van der Waals surface area contributed by atoms with E-state index in [4.69, 9.17) is 17.3 Å². The fourth-order valence-corrected chi connectivity index (χ4v) is 3.61. The summed E-state index contributed by atoms with van der Waals surface area (Å²) in [7, 11) is 0. The molecule has 0 amide bonds. The first-order valence-electron chi connectivity index (χ1n) is 6.41. The Kier molecular flexibility index (Phi) is 3.78. The van der Waals surface area contributed by atoms with Crippen LogP contribution in [-0.4, -0.2) is 4.98 Å². The van der Waals surface area contributed by atoms with Gasteiger partial charge in [0.05, 0.1) is 5.02 Å². The number of halogens is 1. The quantitative estimate of drug-likeness (QED) is 0.933. The van der Waals surface area contributed by atoms with E-state index in [0.717, 1.165) is 10.6 Å². The number of pyridine rings is 1. The van der Waals surface area contributed by atoms with E-state index >= 15 is 0 Å². The van der Waals surface area contributed by atoms with E-state index in [0.29, 0.717) is 11.6 Å². The molecule has 0 aliphatic heterocycles. The van der Waals surface area contributed by atoms with Crippen LogP contribution in [0.1, 0.15) is 23.1 Å². The molecule has 2 N–H and O–H groups in total. The molecule has 1 aromatic carbocycles. The molecule has 0 spiro atoms. The van der Waals surface area contributed by atoms with Crippen LogP contribution in [0.3, 0.4) is 0 Å². The predicted molar refractivity (Wildman–Crippen MR) is 79.7 cm³/mol. The first-order chi connectivity index (χ1) is 9.28. The molecule has 1 aromatic heterocycles. The Morgan fingerprint density at radius 1 is 1.21 bits per heavy atom. The average Bonchev–Trinajstić information content (AvgIpc) is 2.88. The molecule has 0 radical (unpaired) electrons. The number of benzene rings is 1. The smallest absolute Gasteiger partial charge is 0.120 e. The van der Waals surface area contributed by atoms with E-state index in [-0.39, 0.29) is 0 Å². The zero-order chi connectivity index (χ0) is 13.2. The minimum absolute atomic E-state index is 0.444. The van der Waals surface area contributed by atoms with Crippen molar-refractivity contribution in [1.82, 2.24) is 4.98 Å². The van der Waals surface area contributed by atoms with E-state index in [1.807, 2.05) is 6.07 Å². The molecule has 0 saturated heterocycles. The van der Waals surface area contributed by atoms with E-state index in [1.54, 1.807) is 18.0 Å². The van der Waals surface area contributed by atoms with E-state index < -0.39 is 0 Å². The molecular formula is C15H15ClN2S. The van der Waals surface area contributed by atoms with Crippen molar-refractivity contribution in [3.8, 4) is 0 Å². The lowest BCUT2D eigenvalue weighted by Crippen LogP contribution is -1.98. The van der Waals surface area contributed by atoms with Crippen LogP contribution in [-0.2, 0) is 19.4 Å². The maximum Gasteiger partial charge on any atom is 0.120 e. The molecule has 1 aliphatic carbocycles. The second-order valence-corrected chi connectivity index (χ2v) is 6.12. The summed E-state index contributed by atoms with van der Waals surface area (Å²) in [6, 6.07) is 8.52. The first-order valence-corrected chi connectivity index (χ1v) is 7.60. The number of nitrogens with zero attached hydrogens (tertiary/aromatic N) is 1. The standard InChI is InChI=1S/C15H15ClN2S/c16-14-12(9-17)6-7-18-15(14)19-13-5-4-10-2-1-3-11(10)8-13/h4-8H,1-3,9,17H2. The zero-order valence-electron chi connectivity index (χ0n) is 10.5. The lowest BCUT2D eigenvalue weighted by molar-refractivity contribution is 0.911. The fourth-order valence-electron chi connectivity index (χ4n) is 2.41. The SMILES string of the molecule is NCc1ccnc(Sc2ccc3c(c2)CCC3)c1Cl. The normalized spacial score (nSPS) is 13.6. The highest BCUT2D eigenvalue weighted by Crippen LogP contribution is 2.35. The third kappa shape index (κ3) is 2.64. The Morgan fingerprint density at radius 3 is 2.89 bits per heavy atom. The summed E-state index contributed by atoms with van der Waals surface area (Å²) in [4.78, 5) is 5.55. The van der Waals surface area contributed by atoms with E-state index in [1.165, 1.54) is 35.3 Å². The van der Waals surface area contributed by atoms with Gasteiger partial charge in [-0.25, -0.2) is 4.98 Å². The van der Waals surface area contributed by atoms with Crippen molar-refractivity contribution >= 4 is 23.4 Å². The molecule has 1 heterocycles. The lowest BCUT2D eigenvalue weighted by atomic mass is 10.1. The van der Waals surface area contributed by atoms with Gasteiger partial charge in [-0.2, -0.15) is 0 Å². The molecule has 3 rings (SSSR count). The molecular weight excluding hydrogens is 276 g/mol. The number of aryl methyl sites for hydroxylation is 2. The summed E-state index contributed by atoms with van der Waals surface area (Å²) in [6.07, 6.45) is 5.44. The monoisotopic (exact) mass is 290 g/mol. The number of rotatable bonds is 3. The molecule has 0 bridgehead atoms. The molecule has 0 fully saturated rings. The zero-order valence-corrected chi connectivity index (χ0v) is 12.1. The van der Waals surface area contributed by atoms with Gasteiger partial charge in [-0.1, -0.05) is 29.4 Å². The topological polar surface area (TPSA) is 38.9 Å². The fraction of sp³-hybridized carbons (Fsp3) is 0.267. The number of hydrogen-bond acceptors (Lipinski definition) is 3. The second-order valence-electron chi connectivity index (χ2n) is 4.68. The van der Waals surface area contributed by atoms with Gasteiger partial charge in [-0.15, -0.1) is 0 Å². The van der Waals surface area contributed by atoms with Crippen molar-refractivity contribution in [2.24, 2.45) is 5.73 Å². The highest BCUT2D eigenvalue weighted by molar-refractivity contribution is 7.99. The molecule has 0 saturated carbocycles. The Morgan fingerprint density at radius 2 is 2.05 bits per heavy atom. The molecule has 0 atom stereocenters. The summed E-state index contributed by atoms with van der Waals surface area (Å²) in [5.74, 6) is 0. The molecule has 0 unspecified atom stereocenters. The van der Waals surface area contributed by atoms with Gasteiger partial charge in [-0.05, 0) is 54.2 Å². The number of nitrogens with two attached hydrogens (primary N) is 1. The van der Waals surface area contributed by atoms with Crippen LogP contribution in [0.25, 0.3) is 0 Å². The van der Waals surface area contributed by atoms with Crippen molar-refractivity contribution in [2.45, 2.75) is 35.7 Å². The van der Waals surface area contributed by atoms with Crippen molar-refractivity contribution in [2.75, 3.05) is 0 Å². The third-order valence-electron chi connectivity index (χ3n) is 3.44. The van der Waals surface area contributed by atoms with Crippen molar-refractivity contribution in [1.29, 1.82) is 0 Å². The minimum Gasteiger partial charge on any atom is -0.326 e. The summed E-state index contributed by atoms with van der Waals surface area (Å²) >= 11 is 7.92. The highest BCUT2D eigenvalue weighted by Gasteiger charge is 2.13. The van der Waals surface area contributed by atoms with Gasteiger partial charge in [0.2, 0.25) is 0 Å². The highest BCUT2D eigenvalue weighted by atomic mass is 35.5. The molecule has 98 valence electrons. The van der Waals surface area contributed by atoms with Crippen LogP contribution in [0.15, 0.2) is 40.4 Å². The van der Waals surface area contributed by atoms with Crippen LogP contribution >= 0.6 is 23.4 Å². The number of hydrogen-bond donors (Lipinski definition) is 1. The van der Waals surface area contributed by atoms with Crippen LogP contribution in [0.4, 0.5) is 0 Å². The summed E-state index contributed by atoms with van der Waals surface area (Å²) in [5, 5.41) is 1.51. The maximum absolute atomic E-state index is 6.31.